The predicted octanol–water partition coefficient (Wildman–Crippen LogP) is 0.790. The number of carbonyl (C=O) groups excluding carboxylic acids is 2. The molecule has 0 atom stereocenters. The van der Waals surface area contributed by atoms with Crippen LogP contribution in [0.2, 0.25) is 0 Å². The van der Waals surface area contributed by atoms with Gasteiger partial charge in [-0.05, 0) is 19.8 Å². The molecule has 0 radical (unpaired) electrons. The summed E-state index contributed by atoms with van der Waals surface area (Å²) in [4.78, 5) is 25.8. The predicted molar refractivity (Wildman–Crippen MR) is 77.2 cm³/mol. The molecule has 0 unspecified atom stereocenters. The lowest BCUT2D eigenvalue weighted by molar-refractivity contribution is -0.153. The number of hydrogen-bond donors (Lipinski definition) is 1. The molecule has 6 nitrogen and oxygen atoms in total. The lowest BCUT2D eigenvalue weighted by atomic mass is 9.81. The first kappa shape index (κ1) is 18.9. The number of esters is 1. The molecule has 20 heavy (non-hydrogen) atoms. The number of hydrogen-bond acceptors (Lipinski definition) is 5. The molecule has 1 amide bonds. The van der Waals surface area contributed by atoms with E-state index in [4.69, 9.17) is 15.2 Å². The number of nitrogens with zero attached hydrogens (tertiary/aromatic N) is 1. The van der Waals surface area contributed by atoms with Crippen molar-refractivity contribution < 1.29 is 19.1 Å². The first-order chi connectivity index (χ1) is 9.51. The van der Waals surface area contributed by atoms with E-state index in [2.05, 4.69) is 0 Å². The van der Waals surface area contributed by atoms with Crippen LogP contribution in [0.5, 0.6) is 0 Å². The van der Waals surface area contributed by atoms with Gasteiger partial charge < -0.3 is 20.1 Å². The fourth-order valence-corrected chi connectivity index (χ4v) is 2.08. The highest BCUT2D eigenvalue weighted by Crippen LogP contribution is 2.27. The van der Waals surface area contributed by atoms with Crippen LogP contribution in [-0.4, -0.2) is 56.7 Å². The highest BCUT2D eigenvalue weighted by atomic mass is 16.5. The minimum Gasteiger partial charge on any atom is -0.465 e. The van der Waals surface area contributed by atoms with Gasteiger partial charge in [0.1, 0.15) is 6.54 Å². The molecule has 0 aromatic rings. The number of nitrogens with two attached hydrogens (primary N) is 1. The summed E-state index contributed by atoms with van der Waals surface area (Å²) in [5.74, 6) is -0.509. The zero-order valence-electron chi connectivity index (χ0n) is 13.1. The average Bonchev–Trinajstić information content (AvgIpc) is 2.46. The minimum absolute atomic E-state index is 0.0578. The van der Waals surface area contributed by atoms with Gasteiger partial charge in [0.2, 0.25) is 5.91 Å². The summed E-state index contributed by atoms with van der Waals surface area (Å²) in [6.45, 7) is 6.86. The van der Waals surface area contributed by atoms with Crippen molar-refractivity contribution in [2.24, 2.45) is 11.1 Å². The molecule has 0 aliphatic carbocycles. The summed E-state index contributed by atoms with van der Waals surface area (Å²) >= 11 is 0. The van der Waals surface area contributed by atoms with E-state index in [1.807, 2.05) is 13.8 Å². The van der Waals surface area contributed by atoms with Crippen molar-refractivity contribution in [2.45, 2.75) is 33.6 Å². The molecule has 2 N–H and O–H groups in total. The number of carbonyl (C=O) groups is 2. The molecule has 0 aliphatic heterocycles. The Hall–Kier alpha value is -1.14. The van der Waals surface area contributed by atoms with Crippen molar-refractivity contribution in [1.29, 1.82) is 0 Å². The highest BCUT2D eigenvalue weighted by molar-refractivity contribution is 5.86. The lowest BCUT2D eigenvalue weighted by Crippen LogP contribution is -2.50. The fourth-order valence-electron chi connectivity index (χ4n) is 2.08. The van der Waals surface area contributed by atoms with Crippen molar-refractivity contribution in [3.05, 3.63) is 0 Å². The van der Waals surface area contributed by atoms with Crippen LogP contribution < -0.4 is 5.73 Å². The number of methoxy groups -OCH3 is 1. The van der Waals surface area contributed by atoms with E-state index in [1.165, 1.54) is 4.90 Å². The van der Waals surface area contributed by atoms with Crippen LogP contribution in [0.1, 0.15) is 33.6 Å². The lowest BCUT2D eigenvalue weighted by Gasteiger charge is -2.34. The van der Waals surface area contributed by atoms with Gasteiger partial charge in [0.25, 0.3) is 0 Å². The van der Waals surface area contributed by atoms with E-state index in [9.17, 15) is 9.59 Å². The number of rotatable bonds is 10. The Morgan fingerprint density at radius 1 is 1.20 bits per heavy atom. The van der Waals surface area contributed by atoms with Gasteiger partial charge >= 0.3 is 5.97 Å². The van der Waals surface area contributed by atoms with Gasteiger partial charge in [-0.3, -0.25) is 9.59 Å². The van der Waals surface area contributed by atoms with Gasteiger partial charge in [-0.2, -0.15) is 0 Å². The van der Waals surface area contributed by atoms with Crippen molar-refractivity contribution in [3.8, 4) is 0 Å². The molecular formula is C14H28N2O4. The summed E-state index contributed by atoms with van der Waals surface area (Å²) in [6.07, 6.45) is 1.29. The zero-order valence-corrected chi connectivity index (χ0v) is 13.1. The van der Waals surface area contributed by atoms with Crippen molar-refractivity contribution in [1.82, 2.24) is 4.90 Å². The monoisotopic (exact) mass is 288 g/mol. The first-order valence-corrected chi connectivity index (χ1v) is 7.15. The van der Waals surface area contributed by atoms with Crippen LogP contribution in [-0.2, 0) is 19.1 Å². The van der Waals surface area contributed by atoms with Crippen molar-refractivity contribution in [2.75, 3.05) is 40.0 Å². The van der Waals surface area contributed by atoms with E-state index in [-0.39, 0.29) is 19.0 Å². The van der Waals surface area contributed by atoms with E-state index in [1.54, 1.807) is 14.0 Å². The Kier molecular flexibility index (Phi) is 9.16. The van der Waals surface area contributed by atoms with Gasteiger partial charge in [0.05, 0.1) is 18.6 Å². The summed E-state index contributed by atoms with van der Waals surface area (Å²) in [6, 6.07) is 0. The summed E-state index contributed by atoms with van der Waals surface area (Å²) in [7, 11) is 1.56. The SMILES string of the molecule is CCOC(=O)CN(CCOC)C(=O)C(CC)(CC)CN. The molecule has 0 bridgehead atoms. The first-order valence-electron chi connectivity index (χ1n) is 7.15. The number of amides is 1. The minimum atomic E-state index is -0.611. The normalized spacial score (nSPS) is 11.2. The molecule has 0 saturated heterocycles. The molecule has 0 fully saturated rings. The van der Waals surface area contributed by atoms with Gasteiger partial charge in [-0.15, -0.1) is 0 Å². The van der Waals surface area contributed by atoms with Gasteiger partial charge in [0, 0.05) is 20.2 Å². The second-order valence-electron chi connectivity index (χ2n) is 4.72. The molecule has 0 aromatic carbocycles. The maximum Gasteiger partial charge on any atom is 0.325 e. The molecule has 0 heterocycles. The summed E-state index contributed by atoms with van der Waals surface area (Å²) in [5.41, 5.74) is 5.18. The van der Waals surface area contributed by atoms with E-state index in [0.717, 1.165) is 0 Å². The van der Waals surface area contributed by atoms with E-state index in [0.29, 0.717) is 32.6 Å². The quantitative estimate of drug-likeness (QED) is 0.601. The molecule has 0 rings (SSSR count). The Bertz CT molecular complexity index is 295. The fraction of sp³-hybridized carbons (Fsp3) is 0.857. The highest BCUT2D eigenvalue weighted by Gasteiger charge is 2.37. The Morgan fingerprint density at radius 3 is 2.20 bits per heavy atom. The Morgan fingerprint density at radius 2 is 1.80 bits per heavy atom. The maximum absolute atomic E-state index is 12.7. The maximum atomic E-state index is 12.7. The Labute approximate surface area is 121 Å². The third-order valence-electron chi connectivity index (χ3n) is 3.68. The third-order valence-corrected chi connectivity index (χ3v) is 3.68. The molecule has 0 aromatic heterocycles. The zero-order chi connectivity index (χ0) is 15.6. The largest absolute Gasteiger partial charge is 0.465 e. The van der Waals surface area contributed by atoms with E-state index < -0.39 is 11.4 Å². The van der Waals surface area contributed by atoms with Crippen LogP contribution in [0.3, 0.4) is 0 Å². The van der Waals surface area contributed by atoms with Crippen LogP contribution in [0, 0.1) is 5.41 Å². The number of ether oxygens (including phenoxy) is 2. The van der Waals surface area contributed by atoms with Crippen LogP contribution >= 0.6 is 0 Å². The third kappa shape index (κ3) is 5.09. The van der Waals surface area contributed by atoms with Gasteiger partial charge in [0.15, 0.2) is 0 Å². The standard InChI is InChI=1S/C14H28N2O4/c1-5-14(6-2,11-15)13(18)16(8-9-19-4)10-12(17)20-7-3/h5-11,15H2,1-4H3. The van der Waals surface area contributed by atoms with Crippen molar-refractivity contribution in [3.63, 3.8) is 0 Å². The molecule has 6 heteroatoms. The van der Waals surface area contributed by atoms with Gasteiger partial charge in [-0.1, -0.05) is 13.8 Å². The average molecular weight is 288 g/mol. The van der Waals surface area contributed by atoms with Crippen molar-refractivity contribution >= 4 is 11.9 Å². The second-order valence-corrected chi connectivity index (χ2v) is 4.72. The summed E-state index contributed by atoms with van der Waals surface area (Å²) in [5, 5.41) is 0. The smallest absolute Gasteiger partial charge is 0.325 e. The van der Waals surface area contributed by atoms with Crippen LogP contribution in [0.15, 0.2) is 0 Å². The van der Waals surface area contributed by atoms with E-state index >= 15 is 0 Å². The molecule has 0 saturated carbocycles. The van der Waals surface area contributed by atoms with Gasteiger partial charge in [-0.25, -0.2) is 0 Å². The topological polar surface area (TPSA) is 81.9 Å². The molecule has 0 aliphatic rings. The second kappa shape index (κ2) is 9.72. The molecular weight excluding hydrogens is 260 g/mol. The Balaban J connectivity index is 4.99. The van der Waals surface area contributed by atoms with Crippen LogP contribution in [0.25, 0.3) is 0 Å². The molecule has 0 spiro atoms. The van der Waals surface area contributed by atoms with Crippen LogP contribution in [0.4, 0.5) is 0 Å². The summed E-state index contributed by atoms with van der Waals surface area (Å²) < 4.78 is 9.91. The molecule has 118 valence electrons.